The average Bonchev–Trinajstić information content (AvgIpc) is 2.18. The molecule has 0 radical (unpaired) electrons. The minimum absolute atomic E-state index is 0.228. The van der Waals surface area contributed by atoms with Crippen LogP contribution in [0, 0.1) is 0 Å². The van der Waals surface area contributed by atoms with Crippen molar-refractivity contribution in [1.29, 1.82) is 0 Å². The Morgan fingerprint density at radius 2 is 2.00 bits per heavy atom. The van der Waals surface area contributed by atoms with Gasteiger partial charge in [0.05, 0.1) is 0 Å². The summed E-state index contributed by atoms with van der Waals surface area (Å²) in [7, 11) is 0. The van der Waals surface area contributed by atoms with Gasteiger partial charge in [-0.25, -0.2) is 4.39 Å². The number of allylic oxidation sites excluding steroid dienone is 3. The number of hydrogen-bond acceptors (Lipinski definition) is 0. The normalized spacial score (nSPS) is 11.4. The molecule has 0 fully saturated rings. The Labute approximate surface area is 78.4 Å². The van der Waals surface area contributed by atoms with Gasteiger partial charge in [0.15, 0.2) is 0 Å². The highest BCUT2D eigenvalue weighted by Gasteiger charge is 2.02. The molecule has 1 rings (SSSR count). The summed E-state index contributed by atoms with van der Waals surface area (Å²) in [6.07, 6.45) is 2.23. The summed E-state index contributed by atoms with van der Waals surface area (Å²) in [5.41, 5.74) is 1.30. The minimum atomic E-state index is -0.228. The van der Waals surface area contributed by atoms with Gasteiger partial charge in [-0.05, 0) is 18.1 Å². The summed E-state index contributed by atoms with van der Waals surface area (Å²) < 4.78 is 13.2. The van der Waals surface area contributed by atoms with E-state index in [1.165, 1.54) is 6.08 Å². The second-order valence-electron chi connectivity index (χ2n) is 2.80. The van der Waals surface area contributed by atoms with Gasteiger partial charge in [-0.3, -0.25) is 0 Å². The molecule has 0 heterocycles. The van der Waals surface area contributed by atoms with E-state index in [-0.39, 0.29) is 5.83 Å². The van der Waals surface area contributed by atoms with Crippen LogP contribution in [-0.4, -0.2) is 0 Å². The summed E-state index contributed by atoms with van der Waals surface area (Å²) in [5, 5.41) is 0. The van der Waals surface area contributed by atoms with Gasteiger partial charge in [0.1, 0.15) is 5.83 Å². The van der Waals surface area contributed by atoms with Crippen LogP contribution in [0.3, 0.4) is 0 Å². The first kappa shape index (κ1) is 9.72. The lowest BCUT2D eigenvalue weighted by Gasteiger charge is -2.01. The second kappa shape index (κ2) is 4.61. The van der Waals surface area contributed by atoms with Gasteiger partial charge in [-0.1, -0.05) is 43.8 Å². The predicted octanol–water partition coefficient (Wildman–Crippen LogP) is 3.96. The lowest BCUT2D eigenvalue weighted by molar-refractivity contribution is 0.668. The molecule has 0 bridgehead atoms. The maximum Gasteiger partial charge on any atom is 0.126 e. The van der Waals surface area contributed by atoms with Crippen LogP contribution in [0.4, 0.5) is 4.39 Å². The minimum Gasteiger partial charge on any atom is -0.207 e. The van der Waals surface area contributed by atoms with E-state index in [2.05, 4.69) is 6.58 Å². The zero-order chi connectivity index (χ0) is 9.68. The van der Waals surface area contributed by atoms with E-state index in [0.29, 0.717) is 12.0 Å². The molecule has 0 aliphatic rings. The van der Waals surface area contributed by atoms with Crippen molar-refractivity contribution in [2.75, 3.05) is 0 Å². The lowest BCUT2D eigenvalue weighted by Crippen LogP contribution is -1.82. The van der Waals surface area contributed by atoms with Crippen LogP contribution in [0.1, 0.15) is 18.9 Å². The Hall–Kier alpha value is -1.37. The van der Waals surface area contributed by atoms with Crippen LogP contribution in [0.5, 0.6) is 0 Å². The fraction of sp³-hybridized carbons (Fsp3) is 0.167. The first-order chi connectivity index (χ1) is 6.25. The van der Waals surface area contributed by atoms with E-state index >= 15 is 0 Å². The molecule has 0 saturated heterocycles. The fourth-order valence-electron chi connectivity index (χ4n) is 1.08. The molecule has 68 valence electrons. The Morgan fingerprint density at radius 1 is 1.38 bits per heavy atom. The predicted molar refractivity (Wildman–Crippen MR) is 55.0 cm³/mol. The van der Waals surface area contributed by atoms with Gasteiger partial charge >= 0.3 is 0 Å². The van der Waals surface area contributed by atoms with Gasteiger partial charge in [0.2, 0.25) is 0 Å². The summed E-state index contributed by atoms with van der Waals surface area (Å²) in [6, 6.07) is 9.36. The van der Waals surface area contributed by atoms with Gasteiger partial charge in [-0.2, -0.15) is 0 Å². The van der Waals surface area contributed by atoms with Crippen LogP contribution in [0.25, 0.3) is 5.57 Å². The van der Waals surface area contributed by atoms with E-state index in [4.69, 9.17) is 0 Å². The molecule has 1 aromatic carbocycles. The molecule has 0 unspecified atom stereocenters. The Kier molecular flexibility index (Phi) is 3.44. The molecule has 0 aromatic heterocycles. The van der Waals surface area contributed by atoms with Crippen molar-refractivity contribution in [2.45, 2.75) is 13.3 Å². The molecular formula is C12H13F. The monoisotopic (exact) mass is 176 g/mol. The van der Waals surface area contributed by atoms with Crippen molar-refractivity contribution in [3.05, 3.63) is 54.4 Å². The van der Waals surface area contributed by atoms with E-state index in [0.717, 1.165) is 5.56 Å². The summed E-state index contributed by atoms with van der Waals surface area (Å²) in [6.45, 7) is 5.60. The molecule has 1 heteroatoms. The van der Waals surface area contributed by atoms with Crippen molar-refractivity contribution >= 4 is 5.57 Å². The zero-order valence-electron chi connectivity index (χ0n) is 7.76. The average molecular weight is 176 g/mol. The first-order valence-corrected chi connectivity index (χ1v) is 4.36. The smallest absolute Gasteiger partial charge is 0.126 e. The third kappa shape index (κ3) is 2.55. The highest BCUT2D eigenvalue weighted by Crippen LogP contribution is 2.21. The van der Waals surface area contributed by atoms with E-state index in [9.17, 15) is 4.39 Å². The van der Waals surface area contributed by atoms with Gasteiger partial charge in [0, 0.05) is 5.57 Å². The van der Waals surface area contributed by atoms with Crippen molar-refractivity contribution in [3.63, 3.8) is 0 Å². The molecule has 0 aliphatic heterocycles. The van der Waals surface area contributed by atoms with Crippen molar-refractivity contribution in [3.8, 4) is 0 Å². The number of rotatable bonds is 3. The Balaban J connectivity index is 2.86. The number of benzene rings is 1. The van der Waals surface area contributed by atoms with Crippen LogP contribution in [-0.2, 0) is 0 Å². The summed E-state index contributed by atoms with van der Waals surface area (Å²) in [5.74, 6) is -0.228. The van der Waals surface area contributed by atoms with Crippen molar-refractivity contribution in [2.24, 2.45) is 0 Å². The molecule has 0 atom stereocenters. The first-order valence-electron chi connectivity index (χ1n) is 4.36. The highest BCUT2D eigenvalue weighted by atomic mass is 19.1. The van der Waals surface area contributed by atoms with Gasteiger partial charge in [-0.15, -0.1) is 0 Å². The van der Waals surface area contributed by atoms with Crippen molar-refractivity contribution in [1.82, 2.24) is 0 Å². The van der Waals surface area contributed by atoms with Crippen LogP contribution < -0.4 is 0 Å². The topological polar surface area (TPSA) is 0 Å². The van der Waals surface area contributed by atoms with Crippen LogP contribution in [0.2, 0.25) is 0 Å². The van der Waals surface area contributed by atoms with Crippen LogP contribution >= 0.6 is 0 Å². The fourth-order valence-corrected chi connectivity index (χ4v) is 1.08. The molecule has 0 spiro atoms. The molecule has 0 N–H and O–H groups in total. The molecule has 0 aliphatic carbocycles. The van der Waals surface area contributed by atoms with Crippen LogP contribution in [0.15, 0.2) is 48.8 Å². The lowest BCUT2D eigenvalue weighted by atomic mass is 10.1. The Morgan fingerprint density at radius 3 is 2.54 bits per heavy atom. The molecule has 0 saturated carbocycles. The molecule has 13 heavy (non-hydrogen) atoms. The highest BCUT2D eigenvalue weighted by molar-refractivity contribution is 5.74. The van der Waals surface area contributed by atoms with Gasteiger partial charge in [0.25, 0.3) is 0 Å². The second-order valence-corrected chi connectivity index (χ2v) is 2.80. The quantitative estimate of drug-likeness (QED) is 0.611. The maximum atomic E-state index is 13.2. The largest absolute Gasteiger partial charge is 0.207 e. The zero-order valence-corrected chi connectivity index (χ0v) is 7.76. The maximum absolute atomic E-state index is 13.2. The summed E-state index contributed by atoms with van der Waals surface area (Å²) >= 11 is 0. The summed E-state index contributed by atoms with van der Waals surface area (Å²) in [4.78, 5) is 0. The number of hydrogen-bond donors (Lipinski definition) is 0. The Bertz CT molecular complexity index is 309. The van der Waals surface area contributed by atoms with Crippen molar-refractivity contribution < 1.29 is 4.39 Å². The SMILES string of the molecule is C=C(/C(F)=C\CC)c1ccccc1. The molecule has 0 amide bonds. The van der Waals surface area contributed by atoms with E-state index < -0.39 is 0 Å². The van der Waals surface area contributed by atoms with E-state index in [1.807, 2.05) is 37.3 Å². The molecular weight excluding hydrogens is 163 g/mol. The number of halogens is 1. The standard InChI is InChI=1S/C12H13F/c1-3-7-12(13)10(2)11-8-5-4-6-9-11/h4-9H,2-3H2,1H3/b12-7+. The van der Waals surface area contributed by atoms with Gasteiger partial charge < -0.3 is 0 Å². The van der Waals surface area contributed by atoms with E-state index in [1.54, 1.807) is 0 Å². The molecule has 0 nitrogen and oxygen atoms in total. The molecule has 1 aromatic rings. The third-order valence-electron chi connectivity index (χ3n) is 1.79. The third-order valence-corrected chi connectivity index (χ3v) is 1.79.